The van der Waals surface area contributed by atoms with Crippen LogP contribution in [0.3, 0.4) is 0 Å². The van der Waals surface area contributed by atoms with Gasteiger partial charge in [0.15, 0.2) is 5.16 Å². The van der Waals surface area contributed by atoms with Crippen LogP contribution in [0.5, 0.6) is 0 Å². The van der Waals surface area contributed by atoms with Gasteiger partial charge in [-0.15, -0.1) is 0 Å². The number of thioether (sulfide) groups is 1. The summed E-state index contributed by atoms with van der Waals surface area (Å²) in [6.45, 7) is 5.73. The van der Waals surface area contributed by atoms with Crippen LogP contribution in [0.15, 0.2) is 11.4 Å². The summed E-state index contributed by atoms with van der Waals surface area (Å²) in [4.78, 5) is 19.5. The molecule has 1 heterocycles. The maximum absolute atomic E-state index is 11.6. The van der Waals surface area contributed by atoms with E-state index in [0.717, 1.165) is 0 Å². The number of carbonyl (C=O) groups is 1. The highest BCUT2D eigenvalue weighted by Gasteiger charge is 2.14. The fourth-order valence-corrected chi connectivity index (χ4v) is 1.74. The Morgan fingerprint density at radius 2 is 2.28 bits per heavy atom. The summed E-state index contributed by atoms with van der Waals surface area (Å²) in [5, 5.41) is 11.9. The van der Waals surface area contributed by atoms with Crippen LogP contribution in [0.4, 0.5) is 5.82 Å². The third-order valence-electron chi connectivity index (χ3n) is 1.76. The molecule has 0 bridgehead atoms. The molecule has 0 saturated carbocycles. The highest BCUT2D eigenvalue weighted by atomic mass is 32.2. The second-order valence-corrected chi connectivity index (χ2v) is 5.59. The van der Waals surface area contributed by atoms with Gasteiger partial charge in [0.1, 0.15) is 17.5 Å². The minimum Gasteiger partial charge on any atom is -0.382 e. The van der Waals surface area contributed by atoms with Crippen molar-refractivity contribution < 1.29 is 4.79 Å². The summed E-state index contributed by atoms with van der Waals surface area (Å²) >= 11 is 1.18. The Labute approximate surface area is 110 Å². The molecule has 0 saturated heterocycles. The monoisotopic (exact) mass is 265 g/mol. The number of nitrogens with zero attached hydrogens (tertiary/aromatic N) is 3. The average Bonchev–Trinajstić information content (AvgIpc) is 2.24. The first-order valence-electron chi connectivity index (χ1n) is 5.28. The van der Waals surface area contributed by atoms with Crippen molar-refractivity contribution in [2.45, 2.75) is 31.5 Å². The topological polar surface area (TPSA) is 105 Å². The van der Waals surface area contributed by atoms with Crippen LogP contribution in [-0.2, 0) is 4.79 Å². The van der Waals surface area contributed by atoms with E-state index in [9.17, 15) is 4.79 Å². The number of hydrogen-bond acceptors (Lipinski definition) is 6. The molecule has 96 valence electrons. The summed E-state index contributed by atoms with van der Waals surface area (Å²) in [7, 11) is 0. The van der Waals surface area contributed by atoms with E-state index in [1.54, 1.807) is 0 Å². The van der Waals surface area contributed by atoms with Crippen molar-refractivity contribution in [2.75, 3.05) is 11.5 Å². The Morgan fingerprint density at radius 3 is 2.78 bits per heavy atom. The fraction of sp³-hybridized carbons (Fsp3) is 0.455. The average molecular weight is 265 g/mol. The zero-order valence-corrected chi connectivity index (χ0v) is 11.3. The second kappa shape index (κ2) is 5.69. The minimum absolute atomic E-state index is 0.0981. The second-order valence-electron chi connectivity index (χ2n) is 4.65. The molecule has 18 heavy (non-hydrogen) atoms. The van der Waals surface area contributed by atoms with Crippen LogP contribution < -0.4 is 11.1 Å². The molecule has 0 aliphatic heterocycles. The number of hydrogen-bond donors (Lipinski definition) is 2. The Kier molecular flexibility index (Phi) is 4.50. The summed E-state index contributed by atoms with van der Waals surface area (Å²) in [6.07, 6.45) is 1.35. The van der Waals surface area contributed by atoms with Crippen LogP contribution in [0, 0.1) is 11.3 Å². The van der Waals surface area contributed by atoms with Gasteiger partial charge >= 0.3 is 0 Å². The summed E-state index contributed by atoms with van der Waals surface area (Å²) in [5.74, 6) is 0.244. The molecule has 0 unspecified atom stereocenters. The Bertz CT molecular complexity index is 489. The fourth-order valence-electron chi connectivity index (χ4n) is 1.12. The lowest BCUT2D eigenvalue weighted by atomic mass is 10.1. The molecule has 6 nitrogen and oxygen atoms in total. The number of aromatic nitrogens is 2. The molecule has 0 atom stereocenters. The SMILES string of the molecule is CC(C)(C)NC(=O)CSc1ncc(C#N)c(N)n1. The third-order valence-corrected chi connectivity index (χ3v) is 2.62. The lowest BCUT2D eigenvalue weighted by Crippen LogP contribution is -2.41. The third kappa shape index (κ3) is 4.59. The standard InChI is InChI=1S/C11H15N5OS/c1-11(2,3)16-8(17)6-18-10-14-5-7(4-12)9(13)15-10/h5H,6H2,1-3H3,(H,16,17)(H2,13,14,15). The molecule has 7 heteroatoms. The summed E-state index contributed by atoms with van der Waals surface area (Å²) in [5.41, 5.74) is 5.53. The van der Waals surface area contributed by atoms with E-state index in [2.05, 4.69) is 15.3 Å². The smallest absolute Gasteiger partial charge is 0.230 e. The predicted molar refractivity (Wildman–Crippen MR) is 69.8 cm³/mol. The van der Waals surface area contributed by atoms with Gasteiger partial charge in [-0.25, -0.2) is 9.97 Å². The zero-order valence-electron chi connectivity index (χ0n) is 10.5. The number of amides is 1. The number of carbonyl (C=O) groups excluding carboxylic acids is 1. The quantitative estimate of drug-likeness (QED) is 0.622. The van der Waals surface area contributed by atoms with Crippen molar-refractivity contribution >= 4 is 23.5 Å². The predicted octanol–water partition coefficient (Wildman–Crippen LogP) is 0.937. The van der Waals surface area contributed by atoms with E-state index < -0.39 is 0 Å². The lowest BCUT2D eigenvalue weighted by Gasteiger charge is -2.20. The van der Waals surface area contributed by atoms with Gasteiger partial charge in [-0.1, -0.05) is 11.8 Å². The Morgan fingerprint density at radius 1 is 1.61 bits per heavy atom. The molecule has 1 amide bonds. The van der Waals surface area contributed by atoms with Gasteiger partial charge in [-0.05, 0) is 20.8 Å². The van der Waals surface area contributed by atoms with Crippen LogP contribution in [0.2, 0.25) is 0 Å². The minimum atomic E-state index is -0.262. The summed E-state index contributed by atoms with van der Waals surface area (Å²) < 4.78 is 0. The van der Waals surface area contributed by atoms with Crippen molar-refractivity contribution in [3.8, 4) is 6.07 Å². The molecule has 0 aliphatic carbocycles. The molecule has 1 aromatic heterocycles. The van der Waals surface area contributed by atoms with Gasteiger partial charge in [0.25, 0.3) is 0 Å². The highest BCUT2D eigenvalue weighted by Crippen LogP contribution is 2.15. The van der Waals surface area contributed by atoms with Gasteiger partial charge in [0, 0.05) is 5.54 Å². The van der Waals surface area contributed by atoms with E-state index in [-0.39, 0.29) is 28.6 Å². The van der Waals surface area contributed by atoms with E-state index in [4.69, 9.17) is 11.0 Å². The van der Waals surface area contributed by atoms with Gasteiger partial charge in [-0.3, -0.25) is 4.79 Å². The van der Waals surface area contributed by atoms with Crippen molar-refractivity contribution in [3.63, 3.8) is 0 Å². The number of nitriles is 1. The van der Waals surface area contributed by atoms with Gasteiger partial charge in [-0.2, -0.15) is 5.26 Å². The molecule has 0 radical (unpaired) electrons. The summed E-state index contributed by atoms with van der Waals surface area (Å²) in [6, 6.07) is 1.88. The van der Waals surface area contributed by atoms with E-state index in [1.807, 2.05) is 26.8 Å². The molecule has 1 rings (SSSR count). The molecule has 0 spiro atoms. The van der Waals surface area contributed by atoms with Crippen LogP contribution in [0.1, 0.15) is 26.3 Å². The molecular weight excluding hydrogens is 250 g/mol. The largest absolute Gasteiger partial charge is 0.382 e. The maximum Gasteiger partial charge on any atom is 0.230 e. The highest BCUT2D eigenvalue weighted by molar-refractivity contribution is 7.99. The number of rotatable bonds is 3. The first kappa shape index (κ1) is 14.3. The molecule has 0 aromatic carbocycles. The van der Waals surface area contributed by atoms with Gasteiger partial charge in [0.2, 0.25) is 5.91 Å². The Hall–Kier alpha value is -1.81. The van der Waals surface area contributed by atoms with E-state index >= 15 is 0 Å². The van der Waals surface area contributed by atoms with Crippen molar-refractivity contribution in [1.82, 2.24) is 15.3 Å². The number of nitrogen functional groups attached to an aromatic ring is 1. The van der Waals surface area contributed by atoms with Crippen LogP contribution in [-0.4, -0.2) is 27.2 Å². The molecule has 0 aliphatic rings. The molecule has 0 fully saturated rings. The molecule has 1 aromatic rings. The van der Waals surface area contributed by atoms with Crippen molar-refractivity contribution in [2.24, 2.45) is 0 Å². The molecular formula is C11H15N5OS. The van der Waals surface area contributed by atoms with E-state index in [0.29, 0.717) is 5.16 Å². The van der Waals surface area contributed by atoms with Gasteiger partial charge < -0.3 is 11.1 Å². The first-order chi connectivity index (χ1) is 8.31. The first-order valence-corrected chi connectivity index (χ1v) is 6.27. The number of anilines is 1. The normalized spacial score (nSPS) is 10.8. The van der Waals surface area contributed by atoms with Crippen LogP contribution >= 0.6 is 11.8 Å². The lowest BCUT2D eigenvalue weighted by molar-refractivity contribution is -0.119. The van der Waals surface area contributed by atoms with Crippen molar-refractivity contribution in [3.05, 3.63) is 11.8 Å². The number of nitrogens with two attached hydrogens (primary N) is 1. The molecule has 3 N–H and O–H groups in total. The number of nitrogens with one attached hydrogen (secondary N) is 1. The zero-order chi connectivity index (χ0) is 13.8. The van der Waals surface area contributed by atoms with Gasteiger partial charge in [0.05, 0.1) is 11.9 Å². The Balaban J connectivity index is 2.57. The van der Waals surface area contributed by atoms with Crippen LogP contribution in [0.25, 0.3) is 0 Å². The van der Waals surface area contributed by atoms with Crippen molar-refractivity contribution in [1.29, 1.82) is 5.26 Å². The van der Waals surface area contributed by atoms with E-state index in [1.165, 1.54) is 18.0 Å². The maximum atomic E-state index is 11.6.